The van der Waals surface area contributed by atoms with Crippen LogP contribution in [0.2, 0.25) is 0 Å². The van der Waals surface area contributed by atoms with Crippen molar-refractivity contribution >= 4 is 53.5 Å². The van der Waals surface area contributed by atoms with Crippen LogP contribution >= 0.6 is 15.9 Å². The summed E-state index contributed by atoms with van der Waals surface area (Å²) in [6, 6.07) is 20.9. The molecule has 1 unspecified atom stereocenters. The minimum atomic E-state index is -2.39. The van der Waals surface area contributed by atoms with Crippen molar-refractivity contribution in [2.75, 3.05) is 25.5 Å². The van der Waals surface area contributed by atoms with E-state index in [1.807, 2.05) is 42.5 Å². The standard InChI is InChI=1S/C36H33BrFN5O5S/c1-46-33-20-32-27(35(42-23-41-32)43-30-11-10-26(18-29(30)37)47-22-24-7-4-8-25(38)17-24)19-28(33)36(13-6-16-48-36)12-5-14-39-21-34(49(44)45)31-9-2-3-15-40-31/h2-4,6-11,15-20,23,39H,5,12-14,21-22H2,1H3,(H,41,42,43). The molecular weight excluding hydrogens is 713 g/mol. The number of hydrogen-bond acceptors (Lipinski definition) is 10. The van der Waals surface area contributed by atoms with Gasteiger partial charge in [-0.2, -0.15) is 8.42 Å². The lowest BCUT2D eigenvalue weighted by Gasteiger charge is -2.31. The maximum atomic E-state index is 13.6. The van der Waals surface area contributed by atoms with Crippen LogP contribution < -0.4 is 20.1 Å². The van der Waals surface area contributed by atoms with Gasteiger partial charge in [-0.15, -0.1) is 0 Å². The number of halogens is 2. The van der Waals surface area contributed by atoms with Crippen LogP contribution in [0.25, 0.3) is 10.9 Å². The lowest BCUT2D eigenvalue weighted by atomic mass is 9.85. The average Bonchev–Trinajstić information content (AvgIpc) is 3.59. The summed E-state index contributed by atoms with van der Waals surface area (Å²) in [5.74, 6) is 1.55. The minimum absolute atomic E-state index is 0.167. The van der Waals surface area contributed by atoms with Gasteiger partial charge in [-0.1, -0.05) is 18.2 Å². The number of anilines is 2. The van der Waals surface area contributed by atoms with Crippen molar-refractivity contribution in [3.05, 3.63) is 125 Å². The van der Waals surface area contributed by atoms with E-state index >= 15 is 0 Å². The number of methoxy groups -OCH3 is 1. The predicted octanol–water partition coefficient (Wildman–Crippen LogP) is 6.86. The first kappa shape index (κ1) is 34.0. The van der Waals surface area contributed by atoms with Crippen molar-refractivity contribution in [1.29, 1.82) is 0 Å². The topological polar surface area (TPSA) is 125 Å². The first-order valence-corrected chi connectivity index (χ1v) is 17.4. The molecule has 10 nitrogen and oxygen atoms in total. The number of nitrogens with one attached hydrogen (secondary N) is 2. The molecule has 3 aromatic carbocycles. The Morgan fingerprint density at radius 3 is 2.69 bits per heavy atom. The molecule has 0 aliphatic carbocycles. The highest BCUT2D eigenvalue weighted by atomic mass is 79.9. The second kappa shape index (κ2) is 15.6. The van der Waals surface area contributed by atoms with Gasteiger partial charge in [0.1, 0.15) is 46.5 Å². The van der Waals surface area contributed by atoms with E-state index in [9.17, 15) is 12.8 Å². The fraction of sp³-hybridized carbons (Fsp3) is 0.222. The van der Waals surface area contributed by atoms with Gasteiger partial charge in [0, 0.05) is 40.7 Å². The lowest BCUT2D eigenvalue weighted by molar-refractivity contribution is 0.0284. The molecule has 252 valence electrons. The largest absolute Gasteiger partial charge is 0.496 e. The molecule has 1 aliphatic rings. The minimum Gasteiger partial charge on any atom is -0.496 e. The summed E-state index contributed by atoms with van der Waals surface area (Å²) < 4.78 is 56.1. The maximum absolute atomic E-state index is 13.6. The maximum Gasteiger partial charge on any atom is 0.220 e. The third kappa shape index (κ3) is 8.07. The van der Waals surface area contributed by atoms with Gasteiger partial charge in [-0.3, -0.25) is 4.98 Å². The molecule has 1 atom stereocenters. The first-order chi connectivity index (χ1) is 23.8. The van der Waals surface area contributed by atoms with Gasteiger partial charge in [0.15, 0.2) is 0 Å². The van der Waals surface area contributed by atoms with E-state index in [1.54, 1.807) is 43.8 Å². The third-order valence-corrected chi connectivity index (χ3v) is 9.56. The van der Waals surface area contributed by atoms with E-state index in [2.05, 4.69) is 41.5 Å². The third-order valence-electron chi connectivity index (χ3n) is 8.14. The van der Waals surface area contributed by atoms with Crippen LogP contribution in [0.1, 0.15) is 36.1 Å². The number of rotatable bonds is 14. The van der Waals surface area contributed by atoms with Gasteiger partial charge in [0.2, 0.25) is 10.3 Å². The van der Waals surface area contributed by atoms with Gasteiger partial charge < -0.3 is 24.8 Å². The SMILES string of the molecule is COc1cc2ncnc(Nc3ccc(OCc4cccc(F)c4)cc3Br)c2cc1C1(CCCNCC(c2ccccn2)=S(=O)=O)CC=CO1. The number of fused-ring (bicyclic) bond motifs is 1. The Hall–Kier alpha value is -4.85. The number of aromatic nitrogens is 3. The van der Waals surface area contributed by atoms with Crippen molar-refractivity contribution < 1.29 is 27.0 Å². The van der Waals surface area contributed by atoms with Gasteiger partial charge in [0.25, 0.3) is 0 Å². The van der Waals surface area contributed by atoms with Gasteiger partial charge in [0.05, 0.1) is 30.3 Å². The average molecular weight is 747 g/mol. The molecule has 49 heavy (non-hydrogen) atoms. The molecule has 13 heteroatoms. The summed E-state index contributed by atoms with van der Waals surface area (Å²) in [7, 11) is -0.774. The van der Waals surface area contributed by atoms with Crippen LogP contribution in [0.5, 0.6) is 11.5 Å². The van der Waals surface area contributed by atoms with Gasteiger partial charge in [-0.05, 0) is 95.5 Å². The van der Waals surface area contributed by atoms with Crippen molar-refractivity contribution in [3.8, 4) is 11.5 Å². The fourth-order valence-electron chi connectivity index (χ4n) is 5.71. The Labute approximate surface area is 293 Å². The van der Waals surface area contributed by atoms with E-state index in [1.165, 1.54) is 18.5 Å². The van der Waals surface area contributed by atoms with Crippen LogP contribution in [0.3, 0.4) is 0 Å². The molecule has 3 heterocycles. The van der Waals surface area contributed by atoms with E-state index in [0.717, 1.165) is 26.7 Å². The van der Waals surface area contributed by atoms with Crippen molar-refractivity contribution in [3.63, 3.8) is 0 Å². The first-order valence-electron chi connectivity index (χ1n) is 15.5. The molecule has 0 spiro atoms. The highest BCUT2D eigenvalue weighted by Gasteiger charge is 2.38. The molecule has 0 fully saturated rings. The van der Waals surface area contributed by atoms with Crippen LogP contribution in [0.15, 0.2) is 102 Å². The van der Waals surface area contributed by atoms with Crippen LogP contribution in [-0.4, -0.2) is 48.4 Å². The lowest BCUT2D eigenvalue weighted by Crippen LogP contribution is -2.30. The normalized spacial score (nSPS) is 15.2. The zero-order valence-corrected chi connectivity index (χ0v) is 28.9. The molecule has 0 saturated heterocycles. The van der Waals surface area contributed by atoms with Crippen molar-refractivity contribution in [2.24, 2.45) is 0 Å². The highest BCUT2D eigenvalue weighted by Crippen LogP contribution is 2.45. The number of benzene rings is 3. The van der Waals surface area contributed by atoms with E-state index in [4.69, 9.17) is 14.2 Å². The molecule has 0 amide bonds. The second-order valence-corrected chi connectivity index (χ2v) is 13.1. The van der Waals surface area contributed by atoms with Gasteiger partial charge >= 0.3 is 0 Å². The zero-order valence-electron chi connectivity index (χ0n) is 26.5. The molecule has 5 aromatic rings. The monoisotopic (exact) mass is 745 g/mol. The van der Waals surface area contributed by atoms with Gasteiger partial charge in [-0.25, -0.2) is 14.4 Å². The molecule has 0 saturated carbocycles. The predicted molar refractivity (Wildman–Crippen MR) is 190 cm³/mol. The Kier molecular flexibility index (Phi) is 10.8. The Morgan fingerprint density at radius 2 is 1.96 bits per heavy atom. The molecule has 1 aliphatic heterocycles. The summed E-state index contributed by atoms with van der Waals surface area (Å²) in [5.41, 5.74) is 2.76. The van der Waals surface area contributed by atoms with E-state index < -0.39 is 15.9 Å². The Morgan fingerprint density at radius 1 is 1.06 bits per heavy atom. The smallest absolute Gasteiger partial charge is 0.220 e. The number of nitrogens with zero attached hydrogens (tertiary/aromatic N) is 3. The summed E-state index contributed by atoms with van der Waals surface area (Å²) in [5, 5.41) is 7.44. The Bertz CT molecular complexity index is 2120. The fourth-order valence-corrected chi connectivity index (χ4v) is 6.68. The molecule has 0 bridgehead atoms. The number of hydrogen-bond donors (Lipinski definition) is 2. The van der Waals surface area contributed by atoms with Crippen molar-refractivity contribution in [1.82, 2.24) is 20.3 Å². The van der Waals surface area contributed by atoms with Crippen molar-refractivity contribution in [2.45, 2.75) is 31.5 Å². The summed E-state index contributed by atoms with van der Waals surface area (Å²) in [4.78, 5) is 13.5. The number of ether oxygens (including phenoxy) is 3. The number of pyridine rings is 1. The van der Waals surface area contributed by atoms with Crippen LogP contribution in [0, 0.1) is 5.82 Å². The quantitative estimate of drug-likeness (QED) is 0.0708. The second-order valence-electron chi connectivity index (χ2n) is 11.3. The molecule has 0 radical (unpaired) electrons. The highest BCUT2D eigenvalue weighted by molar-refractivity contribution is 9.10. The summed E-state index contributed by atoms with van der Waals surface area (Å²) >= 11 is 3.64. The van der Waals surface area contributed by atoms with Crippen LogP contribution in [0.4, 0.5) is 15.9 Å². The molecule has 2 N–H and O–H groups in total. The van der Waals surface area contributed by atoms with E-state index in [-0.39, 0.29) is 23.8 Å². The summed E-state index contributed by atoms with van der Waals surface area (Å²) in [6.45, 7) is 0.958. The van der Waals surface area contributed by atoms with Crippen LogP contribution in [-0.2, 0) is 27.2 Å². The molecule has 2 aromatic heterocycles. The van der Waals surface area contributed by atoms with E-state index in [0.29, 0.717) is 54.3 Å². The molecule has 6 rings (SSSR count). The Balaban J connectivity index is 1.19. The zero-order chi connectivity index (χ0) is 34.2. The summed E-state index contributed by atoms with van der Waals surface area (Å²) in [6.07, 6.45) is 8.72. The molecular formula is C36H33BrFN5O5S.